The topological polar surface area (TPSA) is 68.5 Å². The zero-order chi connectivity index (χ0) is 20.5. The highest BCUT2D eigenvalue weighted by Crippen LogP contribution is 2.41. The summed E-state index contributed by atoms with van der Waals surface area (Å²) in [5, 5.41) is 8.68. The molecular formula is C24H25N3O3. The molecular weight excluding hydrogens is 378 g/mol. The van der Waals surface area contributed by atoms with Gasteiger partial charge in [0.05, 0.1) is 6.42 Å². The Morgan fingerprint density at radius 3 is 2.57 bits per heavy atom. The van der Waals surface area contributed by atoms with E-state index in [4.69, 9.17) is 9.15 Å². The molecule has 1 fully saturated rings. The summed E-state index contributed by atoms with van der Waals surface area (Å²) in [4.78, 5) is 15.2. The van der Waals surface area contributed by atoms with Gasteiger partial charge in [-0.25, -0.2) is 0 Å². The second kappa shape index (κ2) is 8.03. The molecule has 1 amide bonds. The third-order valence-electron chi connectivity index (χ3n) is 6.03. The molecule has 154 valence electrons. The third kappa shape index (κ3) is 3.63. The van der Waals surface area contributed by atoms with Crippen LogP contribution in [-0.4, -0.2) is 29.3 Å². The summed E-state index contributed by atoms with van der Waals surface area (Å²) in [5.41, 5.74) is 4.25. The smallest absolute Gasteiger partial charge is 0.239 e. The van der Waals surface area contributed by atoms with Crippen molar-refractivity contribution in [3.05, 3.63) is 77.0 Å². The van der Waals surface area contributed by atoms with Crippen LogP contribution in [0.4, 0.5) is 5.69 Å². The molecule has 5 rings (SSSR count). The van der Waals surface area contributed by atoms with Crippen LogP contribution in [0.1, 0.15) is 53.3 Å². The number of hydrogen-bond acceptors (Lipinski definition) is 5. The molecule has 0 N–H and O–H groups in total. The molecule has 1 aromatic heterocycles. The zero-order valence-corrected chi connectivity index (χ0v) is 17.1. The molecule has 1 atom stereocenters. The van der Waals surface area contributed by atoms with Crippen LogP contribution in [0.25, 0.3) is 0 Å². The number of hydrogen-bond donors (Lipinski definition) is 0. The first-order chi connectivity index (χ1) is 14.7. The van der Waals surface area contributed by atoms with Crippen molar-refractivity contribution in [3.63, 3.8) is 0 Å². The highest BCUT2D eigenvalue weighted by atomic mass is 16.5. The number of benzene rings is 2. The fraction of sp³-hybridized carbons (Fsp3) is 0.375. The van der Waals surface area contributed by atoms with Gasteiger partial charge in [-0.15, -0.1) is 10.2 Å². The van der Waals surface area contributed by atoms with Crippen LogP contribution < -0.4 is 4.90 Å². The van der Waals surface area contributed by atoms with E-state index in [1.807, 2.05) is 54.3 Å². The lowest BCUT2D eigenvalue weighted by molar-refractivity contribution is -0.118. The number of rotatable bonds is 4. The average molecular weight is 403 g/mol. The summed E-state index contributed by atoms with van der Waals surface area (Å²) in [6.45, 7) is 3.49. The number of carbonyl (C=O) groups excluding carboxylic acids is 1. The minimum Gasteiger partial charge on any atom is -0.423 e. The van der Waals surface area contributed by atoms with Crippen LogP contribution in [0.2, 0.25) is 0 Å². The molecule has 2 aliphatic rings. The van der Waals surface area contributed by atoms with E-state index < -0.39 is 0 Å². The summed E-state index contributed by atoms with van der Waals surface area (Å²) < 4.78 is 11.6. The zero-order valence-electron chi connectivity index (χ0n) is 17.1. The second-order valence-electron chi connectivity index (χ2n) is 8.14. The maximum absolute atomic E-state index is 13.4. The van der Waals surface area contributed by atoms with Crippen LogP contribution in [0.5, 0.6) is 0 Å². The quantitative estimate of drug-likeness (QED) is 0.655. The minimum atomic E-state index is -0.263. The molecule has 0 saturated carbocycles. The van der Waals surface area contributed by atoms with Crippen LogP contribution in [0, 0.1) is 6.92 Å². The summed E-state index contributed by atoms with van der Waals surface area (Å²) in [7, 11) is 0. The summed E-state index contributed by atoms with van der Waals surface area (Å²) >= 11 is 0. The number of carbonyl (C=O) groups is 1. The number of nitrogens with zero attached hydrogens (tertiary/aromatic N) is 3. The molecule has 0 aliphatic carbocycles. The van der Waals surface area contributed by atoms with Crippen LogP contribution in [0.15, 0.2) is 52.9 Å². The molecule has 1 unspecified atom stereocenters. The number of aromatic nitrogens is 2. The fourth-order valence-corrected chi connectivity index (χ4v) is 4.35. The van der Waals surface area contributed by atoms with Gasteiger partial charge in [0.1, 0.15) is 6.04 Å². The van der Waals surface area contributed by atoms with Gasteiger partial charge in [-0.2, -0.15) is 0 Å². The molecule has 6 nitrogen and oxygen atoms in total. The summed E-state index contributed by atoms with van der Waals surface area (Å²) in [6, 6.07) is 15.9. The van der Waals surface area contributed by atoms with Gasteiger partial charge in [-0.3, -0.25) is 9.69 Å². The summed E-state index contributed by atoms with van der Waals surface area (Å²) in [6.07, 6.45) is 2.81. The van der Waals surface area contributed by atoms with Crippen molar-refractivity contribution in [2.24, 2.45) is 0 Å². The monoisotopic (exact) mass is 403 g/mol. The maximum atomic E-state index is 13.4. The van der Waals surface area contributed by atoms with Crippen molar-refractivity contribution in [2.45, 2.75) is 44.6 Å². The first-order valence-corrected chi connectivity index (χ1v) is 10.6. The average Bonchev–Trinajstić information content (AvgIpc) is 3.41. The lowest BCUT2D eigenvalue weighted by Gasteiger charge is -2.23. The van der Waals surface area contributed by atoms with E-state index in [1.165, 1.54) is 5.56 Å². The molecule has 0 radical (unpaired) electrons. The molecule has 3 heterocycles. The molecule has 0 spiro atoms. The van der Waals surface area contributed by atoms with Gasteiger partial charge in [0.25, 0.3) is 0 Å². The van der Waals surface area contributed by atoms with Gasteiger partial charge in [-0.05, 0) is 37.0 Å². The molecule has 6 heteroatoms. The van der Waals surface area contributed by atoms with Crippen LogP contribution >= 0.6 is 0 Å². The molecule has 3 aromatic rings. The van der Waals surface area contributed by atoms with Crippen molar-refractivity contribution < 1.29 is 13.9 Å². The van der Waals surface area contributed by atoms with E-state index in [0.29, 0.717) is 24.6 Å². The SMILES string of the molecule is Cc1ccc(CC(=O)N2c3ccccc3CC2c2nnc(C3CCOCC3)o2)cc1. The number of aryl methyl sites for hydroxylation is 1. The third-order valence-corrected chi connectivity index (χ3v) is 6.03. The Hall–Kier alpha value is -2.99. The first-order valence-electron chi connectivity index (χ1n) is 10.6. The van der Waals surface area contributed by atoms with Gasteiger partial charge >= 0.3 is 0 Å². The van der Waals surface area contributed by atoms with Gasteiger partial charge in [0, 0.05) is 31.2 Å². The van der Waals surface area contributed by atoms with Crippen molar-refractivity contribution in [2.75, 3.05) is 18.1 Å². The predicted octanol–water partition coefficient (Wildman–Crippen LogP) is 4.15. The molecule has 2 aliphatic heterocycles. The normalized spacial score (nSPS) is 19.1. The van der Waals surface area contributed by atoms with Crippen molar-refractivity contribution >= 4 is 11.6 Å². The van der Waals surface area contributed by atoms with Crippen LogP contribution in [0.3, 0.4) is 0 Å². The van der Waals surface area contributed by atoms with Crippen LogP contribution in [-0.2, 0) is 22.4 Å². The molecule has 0 bridgehead atoms. The van der Waals surface area contributed by atoms with Gasteiger partial charge in [-0.1, -0.05) is 48.0 Å². The standard InChI is InChI=1S/C24H25N3O3/c1-16-6-8-17(9-7-16)14-22(28)27-20-5-3-2-4-19(20)15-21(27)24-26-25-23(30-24)18-10-12-29-13-11-18/h2-9,18,21H,10-15H2,1H3. The number of ether oxygens (including phenoxy) is 1. The lowest BCUT2D eigenvalue weighted by atomic mass is 10.0. The van der Waals surface area contributed by atoms with E-state index in [0.717, 1.165) is 42.9 Å². The van der Waals surface area contributed by atoms with E-state index in [-0.39, 0.29) is 17.9 Å². The largest absolute Gasteiger partial charge is 0.423 e. The Bertz CT molecular complexity index is 1040. The number of para-hydroxylation sites is 1. The molecule has 2 aromatic carbocycles. The van der Waals surface area contributed by atoms with Gasteiger partial charge in [0.15, 0.2) is 0 Å². The van der Waals surface area contributed by atoms with E-state index in [9.17, 15) is 4.79 Å². The van der Waals surface area contributed by atoms with Crippen molar-refractivity contribution in [1.82, 2.24) is 10.2 Å². The highest BCUT2D eigenvalue weighted by molar-refractivity contribution is 5.97. The first kappa shape index (κ1) is 19.0. The van der Waals surface area contributed by atoms with E-state index >= 15 is 0 Å². The Kier molecular flexibility index (Phi) is 5.09. The molecule has 1 saturated heterocycles. The minimum absolute atomic E-state index is 0.0413. The number of fused-ring (bicyclic) bond motifs is 1. The Morgan fingerprint density at radius 2 is 1.77 bits per heavy atom. The number of anilines is 1. The van der Waals surface area contributed by atoms with Crippen molar-refractivity contribution in [1.29, 1.82) is 0 Å². The van der Waals surface area contributed by atoms with E-state index in [2.05, 4.69) is 16.3 Å². The van der Waals surface area contributed by atoms with E-state index in [1.54, 1.807) is 0 Å². The molecule has 30 heavy (non-hydrogen) atoms. The lowest BCUT2D eigenvalue weighted by Crippen LogP contribution is -2.33. The Morgan fingerprint density at radius 1 is 1.03 bits per heavy atom. The second-order valence-corrected chi connectivity index (χ2v) is 8.14. The fourth-order valence-electron chi connectivity index (χ4n) is 4.35. The Balaban J connectivity index is 1.43. The Labute approximate surface area is 175 Å². The highest BCUT2D eigenvalue weighted by Gasteiger charge is 2.38. The number of amides is 1. The van der Waals surface area contributed by atoms with Crippen molar-refractivity contribution in [3.8, 4) is 0 Å². The predicted molar refractivity (Wildman–Crippen MR) is 112 cm³/mol. The maximum Gasteiger partial charge on any atom is 0.239 e. The summed E-state index contributed by atoms with van der Waals surface area (Å²) in [5.74, 6) is 1.46. The van der Waals surface area contributed by atoms with Gasteiger partial charge < -0.3 is 9.15 Å². The van der Waals surface area contributed by atoms with Gasteiger partial charge in [0.2, 0.25) is 17.7 Å².